The van der Waals surface area contributed by atoms with Crippen LogP contribution in [-0.4, -0.2) is 12.8 Å². The van der Waals surface area contributed by atoms with Crippen LogP contribution in [0.5, 0.6) is 5.75 Å². The molecule has 84 valence electrons. The molecule has 0 unspecified atom stereocenters. The summed E-state index contributed by atoms with van der Waals surface area (Å²) in [6.45, 7) is -1.58. The van der Waals surface area contributed by atoms with Gasteiger partial charge in [0.2, 0.25) is 0 Å². The fourth-order valence-electron chi connectivity index (χ4n) is 0.821. The number of halogens is 6. The van der Waals surface area contributed by atoms with E-state index in [0.717, 1.165) is 6.07 Å². The van der Waals surface area contributed by atoms with Crippen LogP contribution >= 0.6 is 27.5 Å². The first-order valence-corrected chi connectivity index (χ1v) is 4.81. The topological polar surface area (TPSA) is 9.23 Å². The second-order valence-corrected chi connectivity index (χ2v) is 3.93. The van der Waals surface area contributed by atoms with Crippen LogP contribution in [0.2, 0.25) is 5.02 Å². The van der Waals surface area contributed by atoms with E-state index >= 15 is 0 Å². The number of hydrogen-bond donors (Lipinski definition) is 0. The maximum absolute atomic E-state index is 13.1. The maximum Gasteiger partial charge on any atom is 0.422 e. The molecule has 0 heterocycles. The minimum atomic E-state index is -4.52. The fourth-order valence-corrected chi connectivity index (χ4v) is 1.64. The van der Waals surface area contributed by atoms with Gasteiger partial charge in [0.1, 0.15) is 0 Å². The zero-order chi connectivity index (χ0) is 11.6. The zero-order valence-electron chi connectivity index (χ0n) is 7.04. The van der Waals surface area contributed by atoms with Gasteiger partial charge in [0.15, 0.2) is 18.2 Å². The molecular formula is C8H4BrClF4O. The molecule has 1 rings (SSSR count). The molecule has 0 aliphatic carbocycles. The van der Waals surface area contributed by atoms with Gasteiger partial charge in [-0.05, 0) is 12.1 Å². The van der Waals surface area contributed by atoms with Crippen molar-refractivity contribution >= 4 is 27.5 Å². The smallest absolute Gasteiger partial charge is 0.422 e. The van der Waals surface area contributed by atoms with E-state index in [0.29, 0.717) is 4.47 Å². The summed E-state index contributed by atoms with van der Waals surface area (Å²) in [5.74, 6) is -1.55. The third-order valence-corrected chi connectivity index (χ3v) is 2.08. The molecule has 0 aliphatic rings. The molecule has 7 heteroatoms. The molecule has 1 aromatic rings. The van der Waals surface area contributed by atoms with Gasteiger partial charge in [-0.1, -0.05) is 27.5 Å². The van der Waals surface area contributed by atoms with Crippen molar-refractivity contribution in [1.82, 2.24) is 0 Å². The Bertz CT molecular complexity index is 343. The minimum Gasteiger partial charge on any atom is -0.479 e. The lowest BCUT2D eigenvalue weighted by Gasteiger charge is -2.11. The van der Waals surface area contributed by atoms with Gasteiger partial charge in [-0.25, -0.2) is 4.39 Å². The Morgan fingerprint density at radius 1 is 1.33 bits per heavy atom. The molecule has 0 aromatic heterocycles. The van der Waals surface area contributed by atoms with Gasteiger partial charge in [-0.2, -0.15) is 13.2 Å². The van der Waals surface area contributed by atoms with Gasteiger partial charge in [0.25, 0.3) is 0 Å². The second kappa shape index (κ2) is 4.57. The van der Waals surface area contributed by atoms with Crippen molar-refractivity contribution in [2.75, 3.05) is 6.61 Å². The van der Waals surface area contributed by atoms with Crippen molar-refractivity contribution in [2.24, 2.45) is 0 Å². The van der Waals surface area contributed by atoms with Gasteiger partial charge in [-0.15, -0.1) is 0 Å². The quantitative estimate of drug-likeness (QED) is 0.745. The van der Waals surface area contributed by atoms with E-state index in [1.165, 1.54) is 6.07 Å². The first-order valence-electron chi connectivity index (χ1n) is 3.63. The van der Waals surface area contributed by atoms with Crippen LogP contribution in [-0.2, 0) is 0 Å². The minimum absolute atomic E-state index is 0.217. The van der Waals surface area contributed by atoms with Crippen LogP contribution in [0.1, 0.15) is 0 Å². The predicted octanol–water partition coefficient (Wildman–Crippen LogP) is 4.18. The van der Waals surface area contributed by atoms with Crippen molar-refractivity contribution in [3.63, 3.8) is 0 Å². The molecule has 0 spiro atoms. The summed E-state index contributed by atoms with van der Waals surface area (Å²) < 4.78 is 53.0. The lowest BCUT2D eigenvalue weighted by Crippen LogP contribution is -2.19. The third kappa shape index (κ3) is 3.87. The van der Waals surface area contributed by atoms with E-state index in [4.69, 9.17) is 11.6 Å². The molecular weight excluding hydrogens is 303 g/mol. The summed E-state index contributed by atoms with van der Waals surface area (Å²) in [7, 11) is 0. The highest BCUT2D eigenvalue weighted by molar-refractivity contribution is 9.10. The van der Waals surface area contributed by atoms with Crippen LogP contribution in [0, 0.1) is 5.82 Å². The van der Waals surface area contributed by atoms with Gasteiger partial charge >= 0.3 is 6.18 Å². The molecule has 0 atom stereocenters. The Balaban J connectivity index is 2.86. The van der Waals surface area contributed by atoms with Crippen molar-refractivity contribution in [3.8, 4) is 5.75 Å². The average Bonchev–Trinajstić information content (AvgIpc) is 1.99. The molecule has 1 aromatic carbocycles. The summed E-state index contributed by atoms with van der Waals surface area (Å²) in [5, 5.41) is -0.217. The number of hydrogen-bond acceptors (Lipinski definition) is 1. The highest BCUT2D eigenvalue weighted by Gasteiger charge is 2.29. The van der Waals surface area contributed by atoms with Crippen molar-refractivity contribution in [3.05, 3.63) is 27.4 Å². The monoisotopic (exact) mass is 306 g/mol. The first-order chi connectivity index (χ1) is 6.79. The molecule has 15 heavy (non-hydrogen) atoms. The summed E-state index contributed by atoms with van der Waals surface area (Å²) in [6, 6.07) is 2.22. The van der Waals surface area contributed by atoms with E-state index in [9.17, 15) is 17.6 Å². The van der Waals surface area contributed by atoms with Crippen LogP contribution in [0.4, 0.5) is 17.6 Å². The maximum atomic E-state index is 13.1. The molecule has 0 radical (unpaired) electrons. The number of alkyl halides is 3. The molecule has 1 nitrogen and oxygen atoms in total. The molecule has 0 saturated heterocycles. The van der Waals surface area contributed by atoms with Gasteiger partial charge < -0.3 is 4.74 Å². The lowest BCUT2D eigenvalue weighted by molar-refractivity contribution is -0.153. The van der Waals surface area contributed by atoms with Crippen LogP contribution in [0.15, 0.2) is 16.6 Å². The molecule has 0 fully saturated rings. The zero-order valence-corrected chi connectivity index (χ0v) is 9.38. The second-order valence-electron chi connectivity index (χ2n) is 2.60. The summed E-state index contributed by atoms with van der Waals surface area (Å²) in [5.41, 5.74) is 0. The Morgan fingerprint density at radius 3 is 2.40 bits per heavy atom. The number of ether oxygens (including phenoxy) is 1. The average molecular weight is 307 g/mol. The number of benzene rings is 1. The SMILES string of the molecule is Fc1cc(Br)cc(Cl)c1OCC(F)(F)F. The van der Waals surface area contributed by atoms with E-state index in [-0.39, 0.29) is 5.02 Å². The van der Waals surface area contributed by atoms with E-state index in [1.807, 2.05) is 0 Å². The summed E-state index contributed by atoms with van der Waals surface area (Å²) in [6.07, 6.45) is -4.52. The summed E-state index contributed by atoms with van der Waals surface area (Å²) >= 11 is 8.44. The van der Waals surface area contributed by atoms with Crippen molar-refractivity contribution < 1.29 is 22.3 Å². The van der Waals surface area contributed by atoms with Gasteiger partial charge in [-0.3, -0.25) is 0 Å². The highest BCUT2D eigenvalue weighted by atomic mass is 79.9. The molecule has 0 amide bonds. The largest absolute Gasteiger partial charge is 0.479 e. The van der Waals surface area contributed by atoms with Crippen LogP contribution < -0.4 is 4.74 Å². The van der Waals surface area contributed by atoms with E-state index < -0.39 is 24.3 Å². The standard InChI is InChI=1S/C8H4BrClF4O/c9-4-1-5(10)7(6(11)2-4)15-3-8(12,13)14/h1-2H,3H2. The molecule has 0 bridgehead atoms. The third-order valence-electron chi connectivity index (χ3n) is 1.34. The molecule has 0 saturated carbocycles. The van der Waals surface area contributed by atoms with Crippen molar-refractivity contribution in [2.45, 2.75) is 6.18 Å². The van der Waals surface area contributed by atoms with Gasteiger partial charge in [0.05, 0.1) is 5.02 Å². The molecule has 0 aliphatic heterocycles. The van der Waals surface area contributed by atoms with E-state index in [2.05, 4.69) is 20.7 Å². The van der Waals surface area contributed by atoms with Crippen LogP contribution in [0.25, 0.3) is 0 Å². The van der Waals surface area contributed by atoms with Gasteiger partial charge in [0, 0.05) is 4.47 Å². The first kappa shape index (κ1) is 12.6. The summed E-state index contributed by atoms with van der Waals surface area (Å²) in [4.78, 5) is 0. The lowest BCUT2D eigenvalue weighted by atomic mass is 10.3. The predicted molar refractivity (Wildman–Crippen MR) is 50.7 cm³/mol. The van der Waals surface area contributed by atoms with Crippen molar-refractivity contribution in [1.29, 1.82) is 0 Å². The Kier molecular flexibility index (Phi) is 3.83. The highest BCUT2D eigenvalue weighted by Crippen LogP contribution is 2.32. The Labute approximate surface area is 96.1 Å². The van der Waals surface area contributed by atoms with E-state index in [1.54, 1.807) is 0 Å². The normalized spacial score (nSPS) is 11.6. The number of rotatable bonds is 2. The Hall–Kier alpha value is -0.490. The fraction of sp³-hybridized carbons (Fsp3) is 0.250. The molecule has 0 N–H and O–H groups in total. The Morgan fingerprint density at radius 2 is 1.93 bits per heavy atom. The van der Waals surface area contributed by atoms with Crippen LogP contribution in [0.3, 0.4) is 0 Å².